The normalized spacial score (nSPS) is 10.1. The predicted octanol–water partition coefficient (Wildman–Crippen LogP) is 3.28. The molecule has 2 aromatic heterocycles. The maximum Gasteiger partial charge on any atom is 0.274 e. The average Bonchev–Trinajstić information content (AvgIpc) is 2.73. The van der Waals surface area contributed by atoms with Gasteiger partial charge in [0.1, 0.15) is 5.69 Å². The van der Waals surface area contributed by atoms with Crippen molar-refractivity contribution in [1.82, 2.24) is 9.97 Å². The van der Waals surface area contributed by atoms with Crippen molar-refractivity contribution < 1.29 is 4.79 Å². The number of carbonyl (C=O) groups is 1. The molecule has 0 atom stereocenters. The van der Waals surface area contributed by atoms with Gasteiger partial charge in [0.15, 0.2) is 0 Å². The van der Waals surface area contributed by atoms with Crippen molar-refractivity contribution in [3.8, 4) is 6.07 Å². The molecular formula is C21H19N5O. The van der Waals surface area contributed by atoms with Gasteiger partial charge in [-0.25, -0.2) is 4.98 Å². The molecule has 1 aromatic carbocycles. The Labute approximate surface area is 158 Å². The number of hydrogen-bond acceptors (Lipinski definition) is 5. The maximum absolute atomic E-state index is 12.3. The summed E-state index contributed by atoms with van der Waals surface area (Å²) in [6.07, 6.45) is 6.18. The zero-order valence-corrected chi connectivity index (χ0v) is 15.0. The third-order valence-corrected chi connectivity index (χ3v) is 4.18. The highest BCUT2D eigenvalue weighted by Gasteiger charge is 2.09. The smallest absolute Gasteiger partial charge is 0.274 e. The fourth-order valence-corrected chi connectivity index (χ4v) is 2.54. The number of aromatic nitrogens is 2. The monoisotopic (exact) mass is 357 g/mol. The molecule has 134 valence electrons. The van der Waals surface area contributed by atoms with Gasteiger partial charge in [0.05, 0.1) is 23.5 Å². The first-order chi connectivity index (χ1) is 13.2. The van der Waals surface area contributed by atoms with Crippen molar-refractivity contribution in [1.29, 1.82) is 5.26 Å². The van der Waals surface area contributed by atoms with Gasteiger partial charge in [-0.3, -0.25) is 9.78 Å². The summed E-state index contributed by atoms with van der Waals surface area (Å²) in [4.78, 5) is 22.7. The lowest BCUT2D eigenvalue weighted by Gasteiger charge is -2.19. The van der Waals surface area contributed by atoms with Gasteiger partial charge in [-0.2, -0.15) is 5.26 Å². The molecule has 1 N–H and O–H groups in total. The van der Waals surface area contributed by atoms with Crippen molar-refractivity contribution in [2.75, 3.05) is 23.8 Å². The van der Waals surface area contributed by atoms with Crippen LogP contribution in [0.2, 0.25) is 0 Å². The fourth-order valence-electron chi connectivity index (χ4n) is 2.54. The molecule has 6 heteroatoms. The zero-order valence-electron chi connectivity index (χ0n) is 15.0. The first-order valence-electron chi connectivity index (χ1n) is 8.53. The van der Waals surface area contributed by atoms with Gasteiger partial charge in [-0.05, 0) is 60.5 Å². The molecule has 27 heavy (non-hydrogen) atoms. The number of anilines is 2. The number of hydrogen-bond donors (Lipinski definition) is 1. The van der Waals surface area contributed by atoms with Crippen molar-refractivity contribution in [3.05, 3.63) is 83.9 Å². The summed E-state index contributed by atoms with van der Waals surface area (Å²) in [6, 6.07) is 16.3. The van der Waals surface area contributed by atoms with Gasteiger partial charge >= 0.3 is 0 Å². The van der Waals surface area contributed by atoms with E-state index >= 15 is 0 Å². The number of nitrogens with zero attached hydrogens (tertiary/aromatic N) is 4. The molecule has 3 aromatic rings. The minimum atomic E-state index is -0.286. The highest BCUT2D eigenvalue weighted by atomic mass is 16.1. The van der Waals surface area contributed by atoms with E-state index in [1.54, 1.807) is 48.9 Å². The Morgan fingerprint density at radius 2 is 1.85 bits per heavy atom. The van der Waals surface area contributed by atoms with Crippen LogP contribution in [0.4, 0.5) is 11.4 Å². The van der Waals surface area contributed by atoms with Gasteiger partial charge in [0.25, 0.3) is 5.91 Å². The minimum Gasteiger partial charge on any atom is -0.373 e. The molecular weight excluding hydrogens is 338 g/mol. The van der Waals surface area contributed by atoms with Crippen LogP contribution in [0.1, 0.15) is 21.6 Å². The first kappa shape index (κ1) is 18.1. The van der Waals surface area contributed by atoms with Gasteiger partial charge in [0, 0.05) is 31.7 Å². The summed E-state index contributed by atoms with van der Waals surface area (Å²) in [5, 5.41) is 11.6. The molecule has 0 saturated heterocycles. The Morgan fingerprint density at radius 3 is 2.48 bits per heavy atom. The quantitative estimate of drug-likeness (QED) is 0.732. The van der Waals surface area contributed by atoms with E-state index in [4.69, 9.17) is 5.26 Å². The summed E-state index contributed by atoms with van der Waals surface area (Å²) in [5.41, 5.74) is 3.68. The van der Waals surface area contributed by atoms with Crippen LogP contribution in [-0.4, -0.2) is 29.5 Å². The van der Waals surface area contributed by atoms with Crippen molar-refractivity contribution in [3.63, 3.8) is 0 Å². The van der Waals surface area contributed by atoms with Crippen LogP contribution in [0, 0.1) is 11.3 Å². The van der Waals surface area contributed by atoms with E-state index in [2.05, 4.69) is 20.2 Å². The second-order valence-electron chi connectivity index (χ2n) is 6.07. The molecule has 1 amide bonds. The largest absolute Gasteiger partial charge is 0.373 e. The second-order valence-corrected chi connectivity index (χ2v) is 6.07. The summed E-state index contributed by atoms with van der Waals surface area (Å²) >= 11 is 0. The number of carbonyl (C=O) groups excluding carboxylic acids is 1. The molecule has 0 spiro atoms. The zero-order chi connectivity index (χ0) is 19.1. The molecule has 0 radical (unpaired) electrons. The maximum atomic E-state index is 12.3. The average molecular weight is 357 g/mol. The second kappa shape index (κ2) is 8.59. The lowest BCUT2D eigenvalue weighted by atomic mass is 10.2. The number of rotatable bonds is 6. The van der Waals surface area contributed by atoms with Crippen LogP contribution in [-0.2, 0) is 6.42 Å². The van der Waals surface area contributed by atoms with Crippen molar-refractivity contribution in [2.45, 2.75) is 6.42 Å². The summed E-state index contributed by atoms with van der Waals surface area (Å²) in [5.74, 6) is -0.286. The molecule has 3 rings (SSSR count). The molecule has 0 unspecified atom stereocenters. The van der Waals surface area contributed by atoms with Crippen molar-refractivity contribution >= 4 is 17.3 Å². The third kappa shape index (κ3) is 4.89. The number of nitrogens with one attached hydrogen (secondary N) is 1. The van der Waals surface area contributed by atoms with Crippen LogP contribution < -0.4 is 10.2 Å². The van der Waals surface area contributed by atoms with E-state index in [0.29, 0.717) is 16.9 Å². The van der Waals surface area contributed by atoms with E-state index in [-0.39, 0.29) is 5.91 Å². The SMILES string of the molecule is CN(CCc1ccncc1)c1ccc(C(=O)Nc2ccc(C#N)cc2)nc1. The molecule has 0 saturated carbocycles. The standard InChI is InChI=1S/C21H19N5O/c1-26(13-10-16-8-11-23-12-9-16)19-6-7-20(24-15-19)21(27)25-18-4-2-17(14-22)3-5-18/h2-9,11-12,15H,10,13H2,1H3,(H,25,27). The minimum absolute atomic E-state index is 0.286. The predicted molar refractivity (Wildman–Crippen MR) is 105 cm³/mol. The van der Waals surface area contributed by atoms with Crippen molar-refractivity contribution in [2.24, 2.45) is 0 Å². The molecule has 0 bridgehead atoms. The summed E-state index contributed by atoms with van der Waals surface area (Å²) < 4.78 is 0. The number of benzene rings is 1. The Kier molecular flexibility index (Phi) is 5.75. The summed E-state index contributed by atoms with van der Waals surface area (Å²) in [7, 11) is 1.99. The third-order valence-electron chi connectivity index (χ3n) is 4.18. The number of pyridine rings is 2. The fraction of sp³-hybridized carbons (Fsp3) is 0.143. The number of amides is 1. The molecule has 6 nitrogen and oxygen atoms in total. The lowest BCUT2D eigenvalue weighted by Crippen LogP contribution is -2.21. The molecule has 0 fully saturated rings. The van der Waals surface area contributed by atoms with Crippen LogP contribution in [0.15, 0.2) is 67.1 Å². The lowest BCUT2D eigenvalue weighted by molar-refractivity contribution is 0.102. The Balaban J connectivity index is 1.58. The van der Waals surface area contributed by atoms with E-state index in [1.807, 2.05) is 31.3 Å². The summed E-state index contributed by atoms with van der Waals surface area (Å²) in [6.45, 7) is 0.836. The number of likely N-dealkylation sites (N-methyl/N-ethyl adjacent to an activating group) is 1. The van der Waals surface area contributed by atoms with E-state index in [1.165, 1.54) is 5.56 Å². The van der Waals surface area contributed by atoms with E-state index < -0.39 is 0 Å². The van der Waals surface area contributed by atoms with Gasteiger partial charge in [-0.1, -0.05) is 0 Å². The van der Waals surface area contributed by atoms with E-state index in [9.17, 15) is 4.79 Å². The Bertz CT molecular complexity index is 931. The van der Waals surface area contributed by atoms with Crippen LogP contribution in [0.25, 0.3) is 0 Å². The van der Waals surface area contributed by atoms with E-state index in [0.717, 1.165) is 18.7 Å². The van der Waals surface area contributed by atoms with Gasteiger partial charge in [0.2, 0.25) is 0 Å². The first-order valence-corrected chi connectivity index (χ1v) is 8.53. The Morgan fingerprint density at radius 1 is 1.11 bits per heavy atom. The molecule has 0 aliphatic carbocycles. The van der Waals surface area contributed by atoms with Gasteiger partial charge < -0.3 is 10.2 Å². The highest BCUT2D eigenvalue weighted by molar-refractivity contribution is 6.02. The van der Waals surface area contributed by atoms with Crippen LogP contribution in [0.5, 0.6) is 0 Å². The van der Waals surface area contributed by atoms with Gasteiger partial charge in [-0.15, -0.1) is 0 Å². The van der Waals surface area contributed by atoms with Crippen LogP contribution in [0.3, 0.4) is 0 Å². The molecule has 2 heterocycles. The Hall–Kier alpha value is -3.72. The molecule has 0 aliphatic heterocycles. The number of nitriles is 1. The highest BCUT2D eigenvalue weighted by Crippen LogP contribution is 2.14. The molecule has 0 aliphatic rings. The topological polar surface area (TPSA) is 81.9 Å². The van der Waals surface area contributed by atoms with Crippen LogP contribution >= 0.6 is 0 Å².